The van der Waals surface area contributed by atoms with Gasteiger partial charge in [0, 0.05) is 5.38 Å². The highest BCUT2D eigenvalue weighted by molar-refractivity contribution is 7.14. The normalized spacial score (nSPS) is 9.95. The summed E-state index contributed by atoms with van der Waals surface area (Å²) >= 11 is 1.13. The van der Waals surface area contributed by atoms with Crippen molar-refractivity contribution in [3.63, 3.8) is 0 Å². The molecular weight excluding hydrogens is 292 g/mol. The predicted octanol–water partition coefficient (Wildman–Crippen LogP) is 3.07. The topological polar surface area (TPSA) is 77.5 Å². The quantitative estimate of drug-likeness (QED) is 0.859. The highest BCUT2D eigenvalue weighted by Gasteiger charge is 2.13. The molecule has 0 aliphatic carbocycles. The number of carbonyl (C=O) groups is 2. The number of amides is 1. The molecule has 21 heavy (non-hydrogen) atoms. The lowest BCUT2D eigenvalue weighted by Crippen LogP contribution is -2.13. The minimum Gasteiger partial charge on any atom is -0.461 e. The standard InChI is InChI=1S/C14H14N2O4S/c1-2-19-12(17)11-9-21-13(15-11)16-14(18)20-8-10-6-4-3-5-7-10/h3-7,9H,2,8H2,1H3,(H,15,16,18). The average Bonchev–Trinajstić information content (AvgIpc) is 2.95. The van der Waals surface area contributed by atoms with Crippen LogP contribution in [0.1, 0.15) is 23.0 Å². The van der Waals surface area contributed by atoms with Crippen molar-refractivity contribution < 1.29 is 19.1 Å². The number of nitrogens with one attached hydrogen (secondary N) is 1. The van der Waals surface area contributed by atoms with E-state index in [9.17, 15) is 9.59 Å². The van der Waals surface area contributed by atoms with Gasteiger partial charge in [0.05, 0.1) is 6.61 Å². The second-order valence-corrected chi connectivity index (χ2v) is 4.80. The maximum Gasteiger partial charge on any atom is 0.413 e. The van der Waals surface area contributed by atoms with Crippen molar-refractivity contribution in [1.29, 1.82) is 0 Å². The molecule has 2 aromatic rings. The minimum absolute atomic E-state index is 0.167. The Labute approximate surface area is 125 Å². The van der Waals surface area contributed by atoms with Crippen molar-refractivity contribution in [3.05, 3.63) is 47.0 Å². The number of ether oxygens (including phenoxy) is 2. The third-order valence-electron chi connectivity index (χ3n) is 2.41. The number of thiazole rings is 1. The lowest BCUT2D eigenvalue weighted by molar-refractivity contribution is 0.0520. The lowest BCUT2D eigenvalue weighted by Gasteiger charge is -2.04. The molecule has 1 amide bonds. The van der Waals surface area contributed by atoms with E-state index < -0.39 is 12.1 Å². The Morgan fingerprint density at radius 3 is 2.71 bits per heavy atom. The number of rotatable bonds is 5. The van der Waals surface area contributed by atoms with Crippen LogP contribution in [0.2, 0.25) is 0 Å². The Morgan fingerprint density at radius 1 is 1.24 bits per heavy atom. The van der Waals surface area contributed by atoms with Gasteiger partial charge in [0.2, 0.25) is 0 Å². The van der Waals surface area contributed by atoms with Gasteiger partial charge in [-0.05, 0) is 12.5 Å². The van der Waals surface area contributed by atoms with Crippen LogP contribution in [-0.4, -0.2) is 23.7 Å². The molecule has 0 fully saturated rings. The molecular formula is C14H14N2O4S. The Morgan fingerprint density at radius 2 is 2.00 bits per heavy atom. The highest BCUT2D eigenvalue weighted by atomic mass is 32.1. The molecule has 0 saturated carbocycles. The fourth-order valence-corrected chi connectivity index (χ4v) is 2.14. The molecule has 6 nitrogen and oxygen atoms in total. The maximum absolute atomic E-state index is 11.6. The third-order valence-corrected chi connectivity index (χ3v) is 3.17. The van der Waals surface area contributed by atoms with Crippen LogP contribution in [0.3, 0.4) is 0 Å². The molecule has 0 atom stereocenters. The molecule has 0 saturated heterocycles. The average molecular weight is 306 g/mol. The Balaban J connectivity index is 1.84. The van der Waals surface area contributed by atoms with E-state index in [-0.39, 0.29) is 24.0 Å². The van der Waals surface area contributed by atoms with Crippen LogP contribution >= 0.6 is 11.3 Å². The smallest absolute Gasteiger partial charge is 0.413 e. The monoisotopic (exact) mass is 306 g/mol. The summed E-state index contributed by atoms with van der Waals surface area (Å²) in [7, 11) is 0. The Bertz CT molecular complexity index is 612. The van der Waals surface area contributed by atoms with E-state index in [0.29, 0.717) is 0 Å². The molecule has 0 unspecified atom stereocenters. The van der Waals surface area contributed by atoms with Crippen LogP contribution in [0, 0.1) is 0 Å². The number of esters is 1. The van der Waals surface area contributed by atoms with Crippen LogP contribution in [0.4, 0.5) is 9.93 Å². The number of carbonyl (C=O) groups excluding carboxylic acids is 2. The fourth-order valence-electron chi connectivity index (χ4n) is 1.48. The van der Waals surface area contributed by atoms with Gasteiger partial charge in [-0.1, -0.05) is 30.3 Å². The maximum atomic E-state index is 11.6. The van der Waals surface area contributed by atoms with Gasteiger partial charge in [0.15, 0.2) is 10.8 Å². The first-order valence-corrected chi connectivity index (χ1v) is 7.17. The van der Waals surface area contributed by atoms with Crippen LogP contribution < -0.4 is 5.32 Å². The summed E-state index contributed by atoms with van der Waals surface area (Å²) in [4.78, 5) is 27.0. The van der Waals surface area contributed by atoms with E-state index in [1.165, 1.54) is 5.38 Å². The molecule has 1 aromatic heterocycles. The summed E-state index contributed by atoms with van der Waals surface area (Å²) < 4.78 is 9.86. The molecule has 1 aromatic carbocycles. The first kappa shape index (κ1) is 15.0. The van der Waals surface area contributed by atoms with Crippen LogP contribution in [0.25, 0.3) is 0 Å². The van der Waals surface area contributed by atoms with Gasteiger partial charge >= 0.3 is 12.1 Å². The summed E-state index contributed by atoms with van der Waals surface area (Å²) in [6.45, 7) is 2.16. The third kappa shape index (κ3) is 4.57. The molecule has 1 N–H and O–H groups in total. The molecule has 0 spiro atoms. The van der Waals surface area contributed by atoms with Crippen molar-refractivity contribution >= 4 is 28.5 Å². The zero-order chi connectivity index (χ0) is 15.1. The SMILES string of the molecule is CCOC(=O)c1csc(NC(=O)OCc2ccccc2)n1. The molecule has 0 aliphatic rings. The van der Waals surface area contributed by atoms with E-state index >= 15 is 0 Å². The molecule has 0 radical (unpaired) electrons. The van der Waals surface area contributed by atoms with Crippen molar-refractivity contribution in [3.8, 4) is 0 Å². The van der Waals surface area contributed by atoms with E-state index in [1.807, 2.05) is 30.3 Å². The van der Waals surface area contributed by atoms with Crippen LogP contribution in [-0.2, 0) is 16.1 Å². The molecule has 2 rings (SSSR count). The number of aromatic nitrogens is 1. The summed E-state index contributed by atoms with van der Waals surface area (Å²) in [5.41, 5.74) is 1.05. The Kier molecular flexibility index (Phi) is 5.28. The van der Waals surface area contributed by atoms with Gasteiger partial charge in [-0.25, -0.2) is 14.6 Å². The second-order valence-electron chi connectivity index (χ2n) is 3.95. The molecule has 0 aliphatic heterocycles. The zero-order valence-electron chi connectivity index (χ0n) is 11.4. The first-order valence-electron chi connectivity index (χ1n) is 6.29. The number of hydrogen-bond donors (Lipinski definition) is 1. The minimum atomic E-state index is -0.622. The predicted molar refractivity (Wildman–Crippen MR) is 78.3 cm³/mol. The number of nitrogens with zero attached hydrogens (tertiary/aromatic N) is 1. The lowest BCUT2D eigenvalue weighted by atomic mass is 10.2. The molecule has 0 bridgehead atoms. The van der Waals surface area contributed by atoms with Crippen LogP contribution in [0.15, 0.2) is 35.7 Å². The van der Waals surface area contributed by atoms with Crippen molar-refractivity contribution in [2.24, 2.45) is 0 Å². The van der Waals surface area contributed by atoms with E-state index in [1.54, 1.807) is 6.92 Å². The summed E-state index contributed by atoms with van der Waals surface area (Å²) in [6.07, 6.45) is -0.622. The van der Waals surface area contributed by atoms with Gasteiger partial charge < -0.3 is 9.47 Å². The molecule has 7 heteroatoms. The van der Waals surface area contributed by atoms with Gasteiger partial charge in [0.1, 0.15) is 6.61 Å². The first-order chi connectivity index (χ1) is 10.2. The van der Waals surface area contributed by atoms with Gasteiger partial charge in [-0.15, -0.1) is 11.3 Å². The largest absolute Gasteiger partial charge is 0.461 e. The fraction of sp³-hybridized carbons (Fsp3) is 0.214. The molecule has 110 valence electrons. The van der Waals surface area contributed by atoms with Gasteiger partial charge in [-0.3, -0.25) is 5.32 Å². The van der Waals surface area contributed by atoms with E-state index in [4.69, 9.17) is 9.47 Å². The second kappa shape index (κ2) is 7.39. The van der Waals surface area contributed by atoms with Gasteiger partial charge in [0.25, 0.3) is 0 Å². The van der Waals surface area contributed by atoms with Gasteiger partial charge in [-0.2, -0.15) is 0 Å². The van der Waals surface area contributed by atoms with E-state index in [0.717, 1.165) is 16.9 Å². The number of benzene rings is 1. The number of anilines is 1. The summed E-state index contributed by atoms with van der Waals surface area (Å²) in [5, 5.41) is 4.27. The molecule has 1 heterocycles. The summed E-state index contributed by atoms with van der Waals surface area (Å²) in [5.74, 6) is -0.514. The van der Waals surface area contributed by atoms with E-state index in [2.05, 4.69) is 10.3 Å². The highest BCUT2D eigenvalue weighted by Crippen LogP contribution is 2.16. The van der Waals surface area contributed by atoms with Crippen LogP contribution in [0.5, 0.6) is 0 Å². The number of hydrogen-bond acceptors (Lipinski definition) is 6. The van der Waals surface area contributed by atoms with Crippen molar-refractivity contribution in [1.82, 2.24) is 4.98 Å². The zero-order valence-corrected chi connectivity index (χ0v) is 12.2. The van der Waals surface area contributed by atoms with Crippen molar-refractivity contribution in [2.45, 2.75) is 13.5 Å². The Hall–Kier alpha value is -2.41. The summed E-state index contributed by atoms with van der Waals surface area (Å²) in [6, 6.07) is 9.33. The van der Waals surface area contributed by atoms with Crippen molar-refractivity contribution in [2.75, 3.05) is 11.9 Å².